The van der Waals surface area contributed by atoms with E-state index in [1.165, 1.54) is 5.56 Å². The van der Waals surface area contributed by atoms with E-state index >= 15 is 0 Å². The predicted molar refractivity (Wildman–Crippen MR) is 83.9 cm³/mol. The molecule has 0 radical (unpaired) electrons. The second kappa shape index (κ2) is 6.62. The monoisotopic (exact) mass is 273 g/mol. The Hall–Kier alpha value is -1.74. The highest BCUT2D eigenvalue weighted by Gasteiger charge is 2.08. The zero-order valence-electron chi connectivity index (χ0n) is 12.8. The highest BCUT2D eigenvalue weighted by molar-refractivity contribution is 5.93. The van der Waals surface area contributed by atoms with E-state index in [0.717, 1.165) is 41.7 Å². The van der Waals surface area contributed by atoms with E-state index in [0.29, 0.717) is 0 Å². The van der Waals surface area contributed by atoms with Gasteiger partial charge in [-0.1, -0.05) is 12.1 Å². The third-order valence-corrected chi connectivity index (χ3v) is 3.51. The fourth-order valence-electron chi connectivity index (χ4n) is 2.45. The van der Waals surface area contributed by atoms with Crippen LogP contribution in [0.1, 0.15) is 12.0 Å². The quantitative estimate of drug-likeness (QED) is 0.805. The van der Waals surface area contributed by atoms with Crippen molar-refractivity contribution in [3.63, 3.8) is 0 Å². The molecule has 0 heterocycles. The maximum absolute atomic E-state index is 5.46. The summed E-state index contributed by atoms with van der Waals surface area (Å²) in [5, 5.41) is 2.22. The van der Waals surface area contributed by atoms with Crippen molar-refractivity contribution in [3.05, 3.63) is 35.9 Å². The van der Waals surface area contributed by atoms with Crippen molar-refractivity contribution in [2.45, 2.75) is 12.8 Å². The second-order valence-electron chi connectivity index (χ2n) is 5.26. The van der Waals surface area contributed by atoms with Crippen LogP contribution >= 0.6 is 0 Å². The van der Waals surface area contributed by atoms with Gasteiger partial charge in [-0.2, -0.15) is 0 Å². The second-order valence-corrected chi connectivity index (χ2v) is 5.26. The molecule has 0 spiro atoms. The van der Waals surface area contributed by atoms with E-state index in [4.69, 9.17) is 9.47 Å². The smallest absolute Gasteiger partial charge is 0.126 e. The number of rotatable bonds is 6. The van der Waals surface area contributed by atoms with Crippen LogP contribution in [0, 0.1) is 0 Å². The molecule has 0 N–H and O–H groups in total. The molecular formula is C17H23NO2. The minimum Gasteiger partial charge on any atom is -0.496 e. The lowest BCUT2D eigenvalue weighted by Crippen LogP contribution is -2.13. The first-order valence-corrected chi connectivity index (χ1v) is 6.94. The van der Waals surface area contributed by atoms with Gasteiger partial charge in [-0.3, -0.25) is 0 Å². The van der Waals surface area contributed by atoms with Gasteiger partial charge in [0.1, 0.15) is 11.5 Å². The molecule has 0 saturated carbocycles. The van der Waals surface area contributed by atoms with Crippen LogP contribution in [0.15, 0.2) is 30.3 Å². The molecule has 0 saturated heterocycles. The van der Waals surface area contributed by atoms with Crippen LogP contribution in [0.25, 0.3) is 10.8 Å². The lowest BCUT2D eigenvalue weighted by atomic mass is 10.0. The maximum Gasteiger partial charge on any atom is 0.126 e. The fraction of sp³-hybridized carbons (Fsp3) is 0.412. The summed E-state index contributed by atoms with van der Waals surface area (Å²) in [6, 6.07) is 10.4. The third kappa shape index (κ3) is 3.23. The molecule has 0 bridgehead atoms. The standard InChI is InChI=1S/C17H23NO2/c1-18(2)11-5-6-13-7-8-14-15(12-13)17(20-4)10-9-16(14)19-3/h7-10,12H,5-6,11H2,1-4H3. The first-order valence-electron chi connectivity index (χ1n) is 6.94. The number of hydrogen-bond acceptors (Lipinski definition) is 3. The Bertz CT molecular complexity index is 578. The first-order chi connectivity index (χ1) is 9.65. The third-order valence-electron chi connectivity index (χ3n) is 3.51. The van der Waals surface area contributed by atoms with Crippen molar-refractivity contribution in [2.24, 2.45) is 0 Å². The van der Waals surface area contributed by atoms with E-state index in [1.807, 2.05) is 12.1 Å². The lowest BCUT2D eigenvalue weighted by Gasteiger charge is -2.12. The van der Waals surface area contributed by atoms with Gasteiger partial charge in [-0.25, -0.2) is 0 Å². The minimum atomic E-state index is 0.889. The largest absolute Gasteiger partial charge is 0.496 e. The zero-order valence-corrected chi connectivity index (χ0v) is 12.8. The molecule has 0 aromatic heterocycles. The van der Waals surface area contributed by atoms with Gasteiger partial charge in [0.25, 0.3) is 0 Å². The van der Waals surface area contributed by atoms with Gasteiger partial charge in [0.2, 0.25) is 0 Å². The van der Waals surface area contributed by atoms with Crippen molar-refractivity contribution in [3.8, 4) is 11.5 Å². The van der Waals surface area contributed by atoms with Crippen molar-refractivity contribution in [1.82, 2.24) is 4.90 Å². The number of benzene rings is 2. The summed E-state index contributed by atoms with van der Waals surface area (Å²) in [5.41, 5.74) is 1.34. The molecule has 0 amide bonds. The Kier molecular flexibility index (Phi) is 4.85. The van der Waals surface area contributed by atoms with E-state index < -0.39 is 0 Å². The predicted octanol–water partition coefficient (Wildman–Crippen LogP) is 3.35. The Morgan fingerprint density at radius 3 is 2.15 bits per heavy atom. The summed E-state index contributed by atoms with van der Waals surface area (Å²) in [5.74, 6) is 1.79. The molecule has 3 heteroatoms. The normalized spacial score (nSPS) is 11.1. The molecule has 0 aliphatic rings. The van der Waals surface area contributed by atoms with Crippen LogP contribution < -0.4 is 9.47 Å². The van der Waals surface area contributed by atoms with Crippen LogP contribution in [-0.2, 0) is 6.42 Å². The summed E-state index contributed by atoms with van der Waals surface area (Å²) in [6.45, 7) is 1.10. The molecule has 0 atom stereocenters. The highest BCUT2D eigenvalue weighted by Crippen LogP contribution is 2.33. The van der Waals surface area contributed by atoms with Gasteiger partial charge >= 0.3 is 0 Å². The van der Waals surface area contributed by atoms with Gasteiger partial charge in [0.15, 0.2) is 0 Å². The summed E-state index contributed by atoms with van der Waals surface area (Å²) in [7, 11) is 7.62. The van der Waals surface area contributed by atoms with Crippen molar-refractivity contribution < 1.29 is 9.47 Å². The van der Waals surface area contributed by atoms with E-state index in [-0.39, 0.29) is 0 Å². The Labute approximate surface area is 121 Å². The highest BCUT2D eigenvalue weighted by atomic mass is 16.5. The van der Waals surface area contributed by atoms with E-state index in [9.17, 15) is 0 Å². The molecule has 0 aliphatic carbocycles. The lowest BCUT2D eigenvalue weighted by molar-refractivity contribution is 0.400. The zero-order chi connectivity index (χ0) is 14.5. The van der Waals surface area contributed by atoms with Crippen LogP contribution in [-0.4, -0.2) is 39.8 Å². The summed E-state index contributed by atoms with van der Waals surface area (Å²) in [6.07, 6.45) is 2.24. The molecular weight excluding hydrogens is 250 g/mol. The van der Waals surface area contributed by atoms with Gasteiger partial charge in [0.05, 0.1) is 14.2 Å². The number of methoxy groups -OCH3 is 2. The van der Waals surface area contributed by atoms with Gasteiger partial charge in [-0.05, 0) is 57.2 Å². The summed E-state index contributed by atoms with van der Waals surface area (Å²) < 4.78 is 10.9. The molecule has 2 aromatic rings. The molecule has 108 valence electrons. The average Bonchev–Trinajstić information content (AvgIpc) is 2.45. The number of ether oxygens (including phenoxy) is 2. The van der Waals surface area contributed by atoms with Crippen molar-refractivity contribution in [2.75, 3.05) is 34.9 Å². The number of fused-ring (bicyclic) bond motifs is 1. The van der Waals surface area contributed by atoms with Crippen LogP contribution in [0.3, 0.4) is 0 Å². The Morgan fingerprint density at radius 2 is 1.55 bits per heavy atom. The maximum atomic E-state index is 5.46. The van der Waals surface area contributed by atoms with E-state index in [2.05, 4.69) is 37.2 Å². The van der Waals surface area contributed by atoms with Gasteiger partial charge < -0.3 is 14.4 Å². The molecule has 2 aromatic carbocycles. The first kappa shape index (κ1) is 14.7. The van der Waals surface area contributed by atoms with Crippen LogP contribution in [0.2, 0.25) is 0 Å². The fourth-order valence-corrected chi connectivity index (χ4v) is 2.45. The minimum absolute atomic E-state index is 0.889. The topological polar surface area (TPSA) is 21.7 Å². The van der Waals surface area contributed by atoms with Crippen molar-refractivity contribution in [1.29, 1.82) is 0 Å². The number of hydrogen-bond donors (Lipinski definition) is 0. The SMILES string of the molecule is COc1ccc(OC)c2cc(CCCN(C)C)ccc12. The van der Waals surface area contributed by atoms with E-state index in [1.54, 1.807) is 14.2 Å². The Morgan fingerprint density at radius 1 is 0.900 bits per heavy atom. The summed E-state index contributed by atoms with van der Waals surface area (Å²) >= 11 is 0. The van der Waals surface area contributed by atoms with Gasteiger partial charge in [0, 0.05) is 10.8 Å². The molecule has 20 heavy (non-hydrogen) atoms. The summed E-state index contributed by atoms with van der Waals surface area (Å²) in [4.78, 5) is 2.21. The Balaban J connectivity index is 2.31. The number of aryl methyl sites for hydroxylation is 1. The van der Waals surface area contributed by atoms with Crippen LogP contribution in [0.5, 0.6) is 11.5 Å². The number of nitrogens with zero attached hydrogens (tertiary/aromatic N) is 1. The molecule has 0 fully saturated rings. The van der Waals surface area contributed by atoms with Gasteiger partial charge in [-0.15, -0.1) is 0 Å². The molecule has 3 nitrogen and oxygen atoms in total. The molecule has 0 aliphatic heterocycles. The van der Waals surface area contributed by atoms with Crippen molar-refractivity contribution >= 4 is 10.8 Å². The van der Waals surface area contributed by atoms with Crippen LogP contribution in [0.4, 0.5) is 0 Å². The molecule has 2 rings (SSSR count). The average molecular weight is 273 g/mol. The molecule has 0 unspecified atom stereocenters.